The van der Waals surface area contributed by atoms with Gasteiger partial charge in [0.25, 0.3) is 0 Å². The van der Waals surface area contributed by atoms with Gasteiger partial charge in [-0.25, -0.2) is 15.0 Å². The van der Waals surface area contributed by atoms with Gasteiger partial charge in [0.15, 0.2) is 0 Å². The van der Waals surface area contributed by atoms with Crippen LogP contribution in [0.3, 0.4) is 0 Å². The summed E-state index contributed by atoms with van der Waals surface area (Å²) in [7, 11) is 0. The van der Waals surface area contributed by atoms with Gasteiger partial charge in [0, 0.05) is 44.5 Å². The van der Waals surface area contributed by atoms with Crippen LogP contribution in [0.1, 0.15) is 5.56 Å². The minimum atomic E-state index is -0.558. The monoisotopic (exact) mass is 347 g/mol. The zero-order valence-electron chi connectivity index (χ0n) is 12.8. The molecule has 24 heavy (non-hydrogen) atoms. The fourth-order valence-electron chi connectivity index (χ4n) is 2.45. The molecule has 0 spiro atoms. The highest BCUT2D eigenvalue weighted by atomic mass is 35.5. The Morgan fingerprint density at radius 3 is 2.67 bits per heavy atom. The minimum absolute atomic E-state index is 0.0727. The van der Waals surface area contributed by atoms with Gasteiger partial charge in [-0.05, 0) is 23.8 Å². The van der Waals surface area contributed by atoms with Crippen LogP contribution in [0.15, 0.2) is 36.8 Å². The van der Waals surface area contributed by atoms with Crippen molar-refractivity contribution in [3.05, 3.63) is 53.5 Å². The first-order valence-electron chi connectivity index (χ1n) is 7.43. The van der Waals surface area contributed by atoms with Crippen LogP contribution in [0.5, 0.6) is 0 Å². The van der Waals surface area contributed by atoms with E-state index in [1.54, 1.807) is 29.3 Å². The van der Waals surface area contributed by atoms with Crippen LogP contribution in [0.25, 0.3) is 6.08 Å². The third-order valence-electron chi connectivity index (χ3n) is 3.70. The highest BCUT2D eigenvalue weighted by molar-refractivity contribution is 6.29. The maximum atomic E-state index is 13.2. The van der Waals surface area contributed by atoms with Crippen molar-refractivity contribution >= 4 is 29.4 Å². The van der Waals surface area contributed by atoms with Crippen molar-refractivity contribution in [3.8, 4) is 0 Å². The van der Waals surface area contributed by atoms with E-state index in [1.165, 1.54) is 18.5 Å². The molecule has 0 bridgehead atoms. The molecule has 0 radical (unpaired) electrons. The summed E-state index contributed by atoms with van der Waals surface area (Å²) >= 11 is 5.81. The fourth-order valence-corrected chi connectivity index (χ4v) is 2.63. The quantitative estimate of drug-likeness (QED) is 0.483. The lowest BCUT2D eigenvalue weighted by Crippen LogP contribution is -2.48. The zero-order valence-corrected chi connectivity index (χ0v) is 13.5. The SMILES string of the molecule is O=C(C=Cc1ccnc(Cl)c1)N1CCN(c2cc(F)ncn2)CC1. The normalized spacial score (nSPS) is 15.1. The molecule has 0 saturated carbocycles. The van der Waals surface area contributed by atoms with E-state index in [1.807, 2.05) is 4.90 Å². The number of amides is 1. The molecule has 0 unspecified atom stereocenters. The lowest BCUT2D eigenvalue weighted by molar-refractivity contribution is -0.126. The average Bonchev–Trinajstić information content (AvgIpc) is 2.60. The number of carbonyl (C=O) groups excluding carboxylic acids is 1. The Balaban J connectivity index is 1.57. The average molecular weight is 348 g/mol. The number of aromatic nitrogens is 3. The Labute approximate surface area is 143 Å². The van der Waals surface area contributed by atoms with Gasteiger partial charge < -0.3 is 9.80 Å². The van der Waals surface area contributed by atoms with Gasteiger partial charge >= 0.3 is 0 Å². The maximum Gasteiger partial charge on any atom is 0.246 e. The number of hydrogen-bond donors (Lipinski definition) is 0. The molecule has 1 saturated heterocycles. The van der Waals surface area contributed by atoms with Crippen LogP contribution in [-0.4, -0.2) is 51.9 Å². The lowest BCUT2D eigenvalue weighted by Gasteiger charge is -2.34. The van der Waals surface area contributed by atoms with Crippen molar-refractivity contribution in [1.29, 1.82) is 0 Å². The van der Waals surface area contributed by atoms with E-state index >= 15 is 0 Å². The largest absolute Gasteiger partial charge is 0.353 e. The Morgan fingerprint density at radius 1 is 1.17 bits per heavy atom. The maximum absolute atomic E-state index is 13.2. The van der Waals surface area contributed by atoms with Crippen LogP contribution < -0.4 is 4.90 Å². The van der Waals surface area contributed by atoms with Crippen molar-refractivity contribution < 1.29 is 9.18 Å². The molecule has 1 amide bonds. The van der Waals surface area contributed by atoms with Gasteiger partial charge in [-0.15, -0.1) is 0 Å². The molecule has 0 atom stereocenters. The summed E-state index contributed by atoms with van der Waals surface area (Å²) in [6.07, 6.45) is 6.02. The molecule has 1 fully saturated rings. The van der Waals surface area contributed by atoms with E-state index in [0.29, 0.717) is 37.1 Å². The second kappa shape index (κ2) is 7.35. The second-order valence-corrected chi connectivity index (χ2v) is 5.64. The van der Waals surface area contributed by atoms with Crippen LogP contribution in [0, 0.1) is 5.95 Å². The first kappa shape index (κ1) is 16.3. The summed E-state index contributed by atoms with van der Waals surface area (Å²) in [5.41, 5.74) is 0.818. The molecule has 3 heterocycles. The highest BCUT2D eigenvalue weighted by Crippen LogP contribution is 2.14. The highest BCUT2D eigenvalue weighted by Gasteiger charge is 2.20. The number of pyridine rings is 1. The van der Waals surface area contributed by atoms with Gasteiger partial charge in [-0.1, -0.05) is 11.6 Å². The van der Waals surface area contributed by atoms with E-state index in [0.717, 1.165) is 5.56 Å². The summed E-state index contributed by atoms with van der Waals surface area (Å²) in [5.74, 6) is -0.0922. The molecule has 6 nitrogen and oxygen atoms in total. The van der Waals surface area contributed by atoms with E-state index < -0.39 is 5.95 Å². The van der Waals surface area contributed by atoms with Crippen molar-refractivity contribution in [2.24, 2.45) is 0 Å². The number of anilines is 1. The second-order valence-electron chi connectivity index (χ2n) is 5.26. The molecule has 1 aliphatic rings. The lowest BCUT2D eigenvalue weighted by atomic mass is 10.2. The Hall–Kier alpha value is -2.54. The Kier molecular flexibility index (Phi) is 5.00. The topological polar surface area (TPSA) is 62.2 Å². The molecule has 2 aromatic heterocycles. The molecule has 1 aliphatic heterocycles. The minimum Gasteiger partial charge on any atom is -0.353 e. The standard InChI is InChI=1S/C16H15ClFN5O/c17-13-9-12(3-4-19-13)1-2-16(24)23-7-5-22(6-8-23)15-10-14(18)20-11-21-15/h1-4,9-11H,5-8H2. The molecule has 8 heteroatoms. The van der Waals surface area contributed by atoms with Crippen molar-refractivity contribution in [2.45, 2.75) is 0 Å². The summed E-state index contributed by atoms with van der Waals surface area (Å²) in [5, 5.41) is 0.385. The predicted octanol–water partition coefficient (Wildman–Crippen LogP) is 2.03. The van der Waals surface area contributed by atoms with Crippen LogP contribution in [-0.2, 0) is 4.79 Å². The number of nitrogens with zero attached hydrogens (tertiary/aromatic N) is 5. The third-order valence-corrected chi connectivity index (χ3v) is 3.91. The fraction of sp³-hybridized carbons (Fsp3) is 0.250. The number of carbonyl (C=O) groups is 1. The predicted molar refractivity (Wildman–Crippen MR) is 89.1 cm³/mol. The van der Waals surface area contributed by atoms with Crippen LogP contribution in [0.4, 0.5) is 10.2 Å². The summed E-state index contributed by atoms with van der Waals surface area (Å²) < 4.78 is 13.2. The number of halogens is 2. The van der Waals surface area contributed by atoms with Gasteiger partial charge in [0.1, 0.15) is 17.3 Å². The van der Waals surface area contributed by atoms with E-state index in [9.17, 15) is 9.18 Å². The molecule has 124 valence electrons. The summed E-state index contributed by atoms with van der Waals surface area (Å²) in [4.78, 5) is 27.3. The number of hydrogen-bond acceptors (Lipinski definition) is 5. The Bertz CT molecular complexity index is 762. The molecule has 0 aliphatic carbocycles. The molecule has 3 rings (SSSR count). The zero-order chi connectivity index (χ0) is 16.9. The van der Waals surface area contributed by atoms with Crippen molar-refractivity contribution in [1.82, 2.24) is 19.9 Å². The smallest absolute Gasteiger partial charge is 0.246 e. The molecule has 0 aromatic carbocycles. The van der Waals surface area contributed by atoms with Gasteiger partial charge in [-0.3, -0.25) is 4.79 Å². The Morgan fingerprint density at radius 2 is 1.96 bits per heavy atom. The van der Waals surface area contributed by atoms with Crippen LogP contribution >= 0.6 is 11.6 Å². The van der Waals surface area contributed by atoms with Crippen molar-refractivity contribution in [3.63, 3.8) is 0 Å². The third kappa shape index (κ3) is 4.05. The van der Waals surface area contributed by atoms with Gasteiger partial charge in [0.2, 0.25) is 11.9 Å². The van der Waals surface area contributed by atoms with Gasteiger partial charge in [-0.2, -0.15) is 4.39 Å². The van der Waals surface area contributed by atoms with Gasteiger partial charge in [0.05, 0.1) is 0 Å². The number of piperazine rings is 1. The van der Waals surface area contributed by atoms with Crippen molar-refractivity contribution in [2.75, 3.05) is 31.1 Å². The molecule has 2 aromatic rings. The van der Waals surface area contributed by atoms with E-state index in [2.05, 4.69) is 15.0 Å². The first-order chi connectivity index (χ1) is 11.6. The van der Waals surface area contributed by atoms with E-state index in [4.69, 9.17) is 11.6 Å². The molecular weight excluding hydrogens is 333 g/mol. The molecule has 0 N–H and O–H groups in total. The summed E-state index contributed by atoms with van der Waals surface area (Å²) in [6.45, 7) is 2.28. The molecular formula is C16H15ClFN5O. The van der Waals surface area contributed by atoms with E-state index in [-0.39, 0.29) is 5.91 Å². The summed E-state index contributed by atoms with van der Waals surface area (Å²) in [6, 6.07) is 4.76. The van der Waals surface area contributed by atoms with Crippen LogP contribution in [0.2, 0.25) is 5.15 Å². The first-order valence-corrected chi connectivity index (χ1v) is 7.80. The number of rotatable bonds is 3.